The lowest BCUT2D eigenvalue weighted by Crippen LogP contribution is -2.34. The minimum Gasteiger partial charge on any atom is -0.481 e. The van der Waals surface area contributed by atoms with Crippen molar-refractivity contribution in [1.82, 2.24) is 4.90 Å². The van der Waals surface area contributed by atoms with Crippen molar-refractivity contribution in [3.8, 4) is 0 Å². The summed E-state index contributed by atoms with van der Waals surface area (Å²) in [6.45, 7) is 10.1. The first-order chi connectivity index (χ1) is 8.02. The number of hydrogen-bond donors (Lipinski definition) is 1. The van der Waals surface area contributed by atoms with Gasteiger partial charge in [0, 0.05) is 13.1 Å². The van der Waals surface area contributed by atoms with E-state index in [0.29, 0.717) is 11.8 Å². The fraction of sp³-hybridized carbons (Fsp3) is 0.929. The Morgan fingerprint density at radius 1 is 1.29 bits per heavy atom. The van der Waals surface area contributed by atoms with Crippen LogP contribution in [-0.4, -0.2) is 35.6 Å². The van der Waals surface area contributed by atoms with E-state index in [1.165, 1.54) is 0 Å². The summed E-state index contributed by atoms with van der Waals surface area (Å²) in [7, 11) is 0. The van der Waals surface area contributed by atoms with Gasteiger partial charge >= 0.3 is 5.97 Å². The molecule has 1 aliphatic rings. The highest BCUT2D eigenvalue weighted by Crippen LogP contribution is 2.29. The summed E-state index contributed by atoms with van der Waals surface area (Å²) in [5.41, 5.74) is 0. The molecule has 1 aliphatic carbocycles. The third-order valence-electron chi connectivity index (χ3n) is 3.78. The highest BCUT2D eigenvalue weighted by Gasteiger charge is 2.26. The van der Waals surface area contributed by atoms with Crippen molar-refractivity contribution >= 4 is 5.97 Å². The Hall–Kier alpha value is -0.570. The minimum absolute atomic E-state index is 0.0774. The zero-order valence-electron chi connectivity index (χ0n) is 11.5. The molecule has 0 aliphatic heterocycles. The lowest BCUT2D eigenvalue weighted by Gasteiger charge is -2.31. The molecule has 0 heterocycles. The van der Waals surface area contributed by atoms with E-state index >= 15 is 0 Å². The smallest absolute Gasteiger partial charge is 0.306 e. The van der Waals surface area contributed by atoms with Crippen LogP contribution in [0.2, 0.25) is 0 Å². The predicted molar refractivity (Wildman–Crippen MR) is 70.0 cm³/mol. The maximum Gasteiger partial charge on any atom is 0.306 e. The number of carboxylic acids is 1. The van der Waals surface area contributed by atoms with Crippen molar-refractivity contribution in [2.24, 2.45) is 17.8 Å². The van der Waals surface area contributed by atoms with Gasteiger partial charge in [-0.25, -0.2) is 0 Å². The average molecular weight is 241 g/mol. The van der Waals surface area contributed by atoms with Gasteiger partial charge in [-0.05, 0) is 44.1 Å². The first kappa shape index (κ1) is 14.5. The van der Waals surface area contributed by atoms with Gasteiger partial charge in [0.15, 0.2) is 0 Å². The molecule has 0 aromatic rings. The maximum absolute atomic E-state index is 10.9. The van der Waals surface area contributed by atoms with E-state index in [2.05, 4.69) is 25.7 Å². The molecular weight excluding hydrogens is 214 g/mol. The van der Waals surface area contributed by atoms with Crippen molar-refractivity contribution in [3.05, 3.63) is 0 Å². The molecule has 1 N–H and O–H groups in total. The summed E-state index contributed by atoms with van der Waals surface area (Å²) < 4.78 is 0. The van der Waals surface area contributed by atoms with E-state index in [4.69, 9.17) is 5.11 Å². The van der Waals surface area contributed by atoms with Crippen LogP contribution in [0.5, 0.6) is 0 Å². The van der Waals surface area contributed by atoms with Gasteiger partial charge < -0.3 is 10.0 Å². The van der Waals surface area contributed by atoms with E-state index in [1.54, 1.807) is 0 Å². The van der Waals surface area contributed by atoms with Crippen LogP contribution in [0, 0.1) is 17.8 Å². The Bertz CT molecular complexity index is 232. The molecule has 0 spiro atoms. The first-order valence-electron chi connectivity index (χ1n) is 6.98. The molecule has 0 aromatic heterocycles. The highest BCUT2D eigenvalue weighted by atomic mass is 16.4. The lowest BCUT2D eigenvalue weighted by molar-refractivity contribution is -0.143. The Balaban J connectivity index is 2.31. The second kappa shape index (κ2) is 7.00. The molecule has 3 heteroatoms. The Morgan fingerprint density at radius 3 is 2.29 bits per heavy atom. The summed E-state index contributed by atoms with van der Waals surface area (Å²) in [6.07, 6.45) is 3.93. The van der Waals surface area contributed by atoms with Gasteiger partial charge in [0.05, 0.1) is 5.92 Å². The molecule has 100 valence electrons. The third-order valence-corrected chi connectivity index (χ3v) is 3.78. The monoisotopic (exact) mass is 241 g/mol. The summed E-state index contributed by atoms with van der Waals surface area (Å²) in [6, 6.07) is 0. The summed E-state index contributed by atoms with van der Waals surface area (Å²) in [4.78, 5) is 13.4. The molecule has 1 rings (SSSR count). The maximum atomic E-state index is 10.9. The van der Waals surface area contributed by atoms with Crippen molar-refractivity contribution in [2.75, 3.05) is 19.6 Å². The van der Waals surface area contributed by atoms with Crippen LogP contribution >= 0.6 is 0 Å². The molecule has 0 aromatic carbocycles. The number of nitrogens with zero attached hydrogens (tertiary/aromatic N) is 1. The first-order valence-corrected chi connectivity index (χ1v) is 6.98. The molecule has 1 fully saturated rings. The standard InChI is InChI=1S/C14H27NO2/c1-4-15(9-11(2)3)10-12-5-7-13(8-6-12)14(16)17/h11-13H,4-10H2,1-3H3,(H,16,17). The van der Waals surface area contributed by atoms with Crippen LogP contribution in [0.4, 0.5) is 0 Å². The Labute approximate surface area is 105 Å². The fourth-order valence-corrected chi connectivity index (χ4v) is 2.81. The van der Waals surface area contributed by atoms with Crippen molar-refractivity contribution < 1.29 is 9.90 Å². The molecule has 0 radical (unpaired) electrons. The number of aliphatic carboxylic acids is 1. The molecule has 0 atom stereocenters. The Kier molecular flexibility index (Phi) is 5.96. The molecule has 3 nitrogen and oxygen atoms in total. The highest BCUT2D eigenvalue weighted by molar-refractivity contribution is 5.69. The predicted octanol–water partition coefficient (Wildman–Crippen LogP) is 2.86. The Morgan fingerprint density at radius 2 is 1.88 bits per heavy atom. The van der Waals surface area contributed by atoms with Gasteiger partial charge in [0.25, 0.3) is 0 Å². The zero-order chi connectivity index (χ0) is 12.8. The quantitative estimate of drug-likeness (QED) is 0.777. The molecule has 1 saturated carbocycles. The van der Waals surface area contributed by atoms with E-state index in [1.807, 2.05) is 0 Å². The third kappa shape index (κ3) is 5.07. The van der Waals surface area contributed by atoms with Crippen LogP contribution in [0.1, 0.15) is 46.5 Å². The SMILES string of the molecule is CCN(CC(C)C)CC1CCC(C(=O)O)CC1. The molecular formula is C14H27NO2. The van der Waals surface area contributed by atoms with Gasteiger partial charge in [-0.2, -0.15) is 0 Å². The lowest BCUT2D eigenvalue weighted by atomic mass is 9.82. The number of rotatable bonds is 6. The van der Waals surface area contributed by atoms with Gasteiger partial charge in [-0.1, -0.05) is 20.8 Å². The van der Waals surface area contributed by atoms with Crippen LogP contribution in [0.3, 0.4) is 0 Å². The molecule has 0 unspecified atom stereocenters. The summed E-state index contributed by atoms with van der Waals surface area (Å²) in [5.74, 6) is 0.749. The van der Waals surface area contributed by atoms with Gasteiger partial charge in [0.1, 0.15) is 0 Å². The number of hydrogen-bond acceptors (Lipinski definition) is 2. The van der Waals surface area contributed by atoms with E-state index < -0.39 is 5.97 Å². The van der Waals surface area contributed by atoms with Crippen molar-refractivity contribution in [2.45, 2.75) is 46.5 Å². The molecule has 17 heavy (non-hydrogen) atoms. The van der Waals surface area contributed by atoms with Crippen LogP contribution in [-0.2, 0) is 4.79 Å². The van der Waals surface area contributed by atoms with E-state index in [-0.39, 0.29) is 5.92 Å². The van der Waals surface area contributed by atoms with Gasteiger partial charge in [0.2, 0.25) is 0 Å². The second-order valence-corrected chi connectivity index (χ2v) is 5.80. The van der Waals surface area contributed by atoms with Gasteiger partial charge in [-0.3, -0.25) is 4.79 Å². The largest absolute Gasteiger partial charge is 0.481 e. The summed E-state index contributed by atoms with van der Waals surface area (Å²) >= 11 is 0. The fourth-order valence-electron chi connectivity index (χ4n) is 2.81. The van der Waals surface area contributed by atoms with Crippen LogP contribution in [0.15, 0.2) is 0 Å². The van der Waals surface area contributed by atoms with Crippen LogP contribution < -0.4 is 0 Å². The molecule has 0 amide bonds. The average Bonchev–Trinajstić information content (AvgIpc) is 2.28. The van der Waals surface area contributed by atoms with E-state index in [9.17, 15) is 4.79 Å². The van der Waals surface area contributed by atoms with Crippen LogP contribution in [0.25, 0.3) is 0 Å². The normalized spacial score (nSPS) is 25.5. The second-order valence-electron chi connectivity index (χ2n) is 5.80. The van der Waals surface area contributed by atoms with Crippen molar-refractivity contribution in [3.63, 3.8) is 0 Å². The van der Waals surface area contributed by atoms with Crippen molar-refractivity contribution in [1.29, 1.82) is 0 Å². The minimum atomic E-state index is -0.599. The summed E-state index contributed by atoms with van der Waals surface area (Å²) in [5, 5.41) is 8.96. The zero-order valence-corrected chi connectivity index (χ0v) is 11.5. The number of carboxylic acid groups (broad SMARTS) is 1. The molecule has 0 bridgehead atoms. The number of carbonyl (C=O) groups is 1. The topological polar surface area (TPSA) is 40.5 Å². The van der Waals surface area contributed by atoms with Gasteiger partial charge in [-0.15, -0.1) is 0 Å². The van der Waals surface area contributed by atoms with E-state index in [0.717, 1.165) is 45.3 Å². The molecule has 0 saturated heterocycles.